The van der Waals surface area contributed by atoms with E-state index < -0.39 is 10.1 Å². The Bertz CT molecular complexity index is 773. The van der Waals surface area contributed by atoms with Crippen LogP contribution in [-0.2, 0) is 10.1 Å². The van der Waals surface area contributed by atoms with Gasteiger partial charge in [0.05, 0.1) is 19.2 Å². The SMILES string of the molecule is COc1ccc(OS(=O)(=O)c2ccc(Cl)c(Cl)c2OC)cc1. The third kappa shape index (κ3) is 3.40. The summed E-state index contributed by atoms with van der Waals surface area (Å²) in [6.07, 6.45) is 0. The van der Waals surface area contributed by atoms with Crippen molar-refractivity contribution in [2.75, 3.05) is 14.2 Å². The van der Waals surface area contributed by atoms with Crippen molar-refractivity contribution in [2.45, 2.75) is 4.90 Å². The molecule has 0 bridgehead atoms. The smallest absolute Gasteiger partial charge is 0.342 e. The standard InChI is InChI=1S/C14H12Cl2O5S/c1-19-9-3-5-10(6-4-9)21-22(17,18)12-8-7-11(15)13(16)14(12)20-2/h3-8H,1-2H3. The van der Waals surface area contributed by atoms with Crippen LogP contribution in [0.5, 0.6) is 17.2 Å². The van der Waals surface area contributed by atoms with E-state index in [1.807, 2.05) is 0 Å². The maximum atomic E-state index is 12.4. The average Bonchev–Trinajstić information content (AvgIpc) is 2.50. The molecule has 2 aromatic carbocycles. The second-order valence-corrected chi connectivity index (χ2v) is 6.41. The molecule has 0 spiro atoms. The van der Waals surface area contributed by atoms with Crippen LogP contribution in [0.1, 0.15) is 0 Å². The van der Waals surface area contributed by atoms with Gasteiger partial charge < -0.3 is 13.7 Å². The van der Waals surface area contributed by atoms with E-state index in [1.54, 1.807) is 12.1 Å². The molecule has 2 aromatic rings. The van der Waals surface area contributed by atoms with Gasteiger partial charge in [-0.15, -0.1) is 0 Å². The van der Waals surface area contributed by atoms with E-state index in [9.17, 15) is 8.42 Å². The summed E-state index contributed by atoms with van der Waals surface area (Å²) >= 11 is 11.8. The lowest BCUT2D eigenvalue weighted by Crippen LogP contribution is -2.11. The minimum Gasteiger partial charge on any atom is -0.497 e. The quantitative estimate of drug-likeness (QED) is 0.757. The summed E-state index contributed by atoms with van der Waals surface area (Å²) in [7, 11) is -1.32. The molecule has 22 heavy (non-hydrogen) atoms. The zero-order chi connectivity index (χ0) is 16.3. The number of hydrogen-bond donors (Lipinski definition) is 0. The third-order valence-corrected chi connectivity index (χ3v) is 4.81. The second kappa shape index (κ2) is 6.64. The summed E-state index contributed by atoms with van der Waals surface area (Å²) < 4.78 is 39.8. The van der Waals surface area contributed by atoms with Crippen molar-refractivity contribution >= 4 is 33.3 Å². The fourth-order valence-electron chi connectivity index (χ4n) is 1.70. The van der Waals surface area contributed by atoms with Crippen LogP contribution in [0.2, 0.25) is 10.0 Å². The number of ether oxygens (including phenoxy) is 2. The van der Waals surface area contributed by atoms with Crippen LogP contribution >= 0.6 is 23.2 Å². The van der Waals surface area contributed by atoms with Gasteiger partial charge in [0.2, 0.25) is 0 Å². The van der Waals surface area contributed by atoms with Gasteiger partial charge in [-0.05, 0) is 36.4 Å². The molecule has 0 aromatic heterocycles. The fraction of sp³-hybridized carbons (Fsp3) is 0.143. The van der Waals surface area contributed by atoms with Gasteiger partial charge in [0.15, 0.2) is 5.75 Å². The first-order chi connectivity index (χ1) is 10.4. The first-order valence-electron chi connectivity index (χ1n) is 5.99. The van der Waals surface area contributed by atoms with Crippen molar-refractivity contribution in [1.29, 1.82) is 0 Å². The first kappa shape index (κ1) is 16.7. The first-order valence-corrected chi connectivity index (χ1v) is 8.16. The maximum Gasteiger partial charge on any atom is 0.342 e. The molecule has 118 valence electrons. The monoisotopic (exact) mass is 362 g/mol. The van der Waals surface area contributed by atoms with E-state index in [1.165, 1.54) is 38.5 Å². The highest BCUT2D eigenvalue weighted by Crippen LogP contribution is 2.38. The molecule has 0 saturated heterocycles. The molecular formula is C14H12Cl2O5S. The Labute approximate surface area is 138 Å². The van der Waals surface area contributed by atoms with Crippen molar-refractivity contribution in [3.63, 3.8) is 0 Å². The van der Waals surface area contributed by atoms with Crippen LogP contribution in [-0.4, -0.2) is 22.6 Å². The van der Waals surface area contributed by atoms with Crippen LogP contribution < -0.4 is 13.7 Å². The van der Waals surface area contributed by atoms with Crippen molar-refractivity contribution in [3.05, 3.63) is 46.4 Å². The van der Waals surface area contributed by atoms with Crippen molar-refractivity contribution in [1.82, 2.24) is 0 Å². The number of hydrogen-bond acceptors (Lipinski definition) is 5. The lowest BCUT2D eigenvalue weighted by atomic mass is 10.3. The van der Waals surface area contributed by atoms with E-state index >= 15 is 0 Å². The van der Waals surface area contributed by atoms with Crippen molar-refractivity contribution in [3.8, 4) is 17.2 Å². The third-order valence-electron chi connectivity index (χ3n) is 2.75. The van der Waals surface area contributed by atoms with E-state index in [0.29, 0.717) is 5.75 Å². The summed E-state index contributed by atoms with van der Waals surface area (Å²) in [5.74, 6) is 0.647. The van der Waals surface area contributed by atoms with Crippen LogP contribution in [0.25, 0.3) is 0 Å². The molecule has 0 amide bonds. The predicted molar refractivity (Wildman–Crippen MR) is 83.8 cm³/mol. The van der Waals surface area contributed by atoms with Crippen molar-refractivity contribution in [2.24, 2.45) is 0 Å². The summed E-state index contributed by atoms with van der Waals surface area (Å²) in [6, 6.07) is 8.73. The number of benzene rings is 2. The zero-order valence-electron chi connectivity index (χ0n) is 11.7. The average molecular weight is 363 g/mol. The van der Waals surface area contributed by atoms with Crippen LogP contribution in [0.4, 0.5) is 0 Å². The molecule has 0 aliphatic carbocycles. The largest absolute Gasteiger partial charge is 0.497 e. The highest BCUT2D eigenvalue weighted by Gasteiger charge is 2.25. The van der Waals surface area contributed by atoms with E-state index in [-0.39, 0.29) is 26.4 Å². The zero-order valence-corrected chi connectivity index (χ0v) is 14.0. The molecule has 0 atom stereocenters. The molecular weight excluding hydrogens is 351 g/mol. The summed E-state index contributed by atoms with van der Waals surface area (Å²) in [5, 5.41) is 0.186. The van der Waals surface area contributed by atoms with Crippen LogP contribution in [0.3, 0.4) is 0 Å². The van der Waals surface area contributed by atoms with Gasteiger partial charge >= 0.3 is 10.1 Å². The van der Waals surface area contributed by atoms with Gasteiger partial charge in [-0.25, -0.2) is 0 Å². The topological polar surface area (TPSA) is 61.8 Å². The Morgan fingerprint density at radius 3 is 2.00 bits per heavy atom. The fourth-order valence-corrected chi connectivity index (χ4v) is 3.25. The number of rotatable bonds is 5. The molecule has 0 radical (unpaired) electrons. The van der Waals surface area contributed by atoms with Crippen molar-refractivity contribution < 1.29 is 22.1 Å². The molecule has 0 unspecified atom stereocenters. The van der Waals surface area contributed by atoms with Gasteiger partial charge in [0, 0.05) is 0 Å². The molecule has 5 nitrogen and oxygen atoms in total. The van der Waals surface area contributed by atoms with Gasteiger partial charge in [-0.1, -0.05) is 23.2 Å². The molecule has 0 saturated carbocycles. The van der Waals surface area contributed by atoms with E-state index in [2.05, 4.69) is 0 Å². The second-order valence-electron chi connectivity index (χ2n) is 4.11. The molecule has 0 N–H and O–H groups in total. The molecule has 0 fully saturated rings. The lowest BCUT2D eigenvalue weighted by molar-refractivity contribution is 0.398. The molecule has 0 heterocycles. The summed E-state index contributed by atoms with van der Waals surface area (Å²) in [4.78, 5) is -0.208. The predicted octanol–water partition coefficient (Wildman–Crippen LogP) is 3.78. The molecule has 2 rings (SSSR count). The molecule has 8 heteroatoms. The van der Waals surface area contributed by atoms with E-state index in [4.69, 9.17) is 36.9 Å². The minimum absolute atomic E-state index is 0.00331. The molecule has 0 aliphatic rings. The Balaban J connectivity index is 2.40. The van der Waals surface area contributed by atoms with Crippen LogP contribution in [0, 0.1) is 0 Å². The minimum atomic E-state index is -4.12. The van der Waals surface area contributed by atoms with Gasteiger partial charge in [0.25, 0.3) is 0 Å². The van der Waals surface area contributed by atoms with Gasteiger partial charge in [-0.2, -0.15) is 8.42 Å². The van der Waals surface area contributed by atoms with E-state index in [0.717, 1.165) is 0 Å². The van der Waals surface area contributed by atoms with Gasteiger partial charge in [0.1, 0.15) is 21.4 Å². The van der Waals surface area contributed by atoms with Gasteiger partial charge in [-0.3, -0.25) is 0 Å². The Morgan fingerprint density at radius 1 is 0.864 bits per heavy atom. The summed E-state index contributed by atoms with van der Waals surface area (Å²) in [6.45, 7) is 0. The lowest BCUT2D eigenvalue weighted by Gasteiger charge is -2.12. The highest BCUT2D eigenvalue weighted by atomic mass is 35.5. The number of methoxy groups -OCH3 is 2. The normalized spacial score (nSPS) is 11.1. The Morgan fingerprint density at radius 2 is 1.45 bits per heavy atom. The Kier molecular flexibility index (Phi) is 5.05. The van der Waals surface area contributed by atoms with Crippen LogP contribution in [0.15, 0.2) is 41.3 Å². The Hall–Kier alpha value is -1.63. The maximum absolute atomic E-state index is 12.4. The summed E-state index contributed by atoms with van der Waals surface area (Å²) in [5.41, 5.74) is 0. The number of halogens is 2. The molecule has 0 aliphatic heterocycles. The highest BCUT2D eigenvalue weighted by molar-refractivity contribution is 7.87.